The zero-order valence-corrected chi connectivity index (χ0v) is 15.6. The van der Waals surface area contributed by atoms with Crippen LogP contribution in [0.3, 0.4) is 0 Å². The van der Waals surface area contributed by atoms with E-state index < -0.39 is 0 Å². The Bertz CT molecular complexity index is 552. The summed E-state index contributed by atoms with van der Waals surface area (Å²) in [6.45, 7) is 3.76. The van der Waals surface area contributed by atoms with Crippen molar-refractivity contribution in [2.24, 2.45) is 0 Å². The fourth-order valence-electron chi connectivity index (χ4n) is 3.55. The first-order chi connectivity index (χ1) is 11.1. The number of carbonyl (C=O) groups is 2. The van der Waals surface area contributed by atoms with E-state index in [2.05, 4.69) is 17.6 Å². The average molecular weight is 372 g/mol. The molecule has 0 bridgehead atoms. The van der Waals surface area contributed by atoms with Crippen molar-refractivity contribution in [3.05, 3.63) is 22.4 Å². The molecule has 1 aromatic rings. The van der Waals surface area contributed by atoms with E-state index in [0.29, 0.717) is 12.6 Å². The van der Waals surface area contributed by atoms with Crippen molar-refractivity contribution in [2.75, 3.05) is 13.1 Å². The lowest BCUT2D eigenvalue weighted by atomic mass is 9.97. The maximum absolute atomic E-state index is 12.7. The number of rotatable bonds is 3. The van der Waals surface area contributed by atoms with Gasteiger partial charge in [0.15, 0.2) is 0 Å². The molecule has 0 aromatic carbocycles. The minimum Gasteiger partial charge on any atom is -0.351 e. The second-order valence-corrected chi connectivity index (χ2v) is 7.52. The van der Waals surface area contributed by atoms with E-state index in [1.807, 2.05) is 17.5 Å². The average Bonchev–Trinajstić information content (AvgIpc) is 3.08. The Morgan fingerprint density at radius 3 is 2.88 bits per heavy atom. The van der Waals surface area contributed by atoms with Crippen LogP contribution in [-0.2, 0) is 4.79 Å². The van der Waals surface area contributed by atoms with Crippen LogP contribution in [0.1, 0.15) is 48.7 Å². The molecule has 7 heteroatoms. The number of halogens is 1. The lowest BCUT2D eigenvalue weighted by molar-refractivity contribution is -0.127. The van der Waals surface area contributed by atoms with E-state index in [9.17, 15) is 9.59 Å². The number of nitrogens with zero attached hydrogens (tertiary/aromatic N) is 1. The summed E-state index contributed by atoms with van der Waals surface area (Å²) in [5, 5.41) is 8.48. The van der Waals surface area contributed by atoms with Crippen LogP contribution >= 0.6 is 23.7 Å². The SMILES string of the molecule is CC1CC(NC(=O)C2CCCCN2C(=O)c2cccs2)CCN1.Cl. The second kappa shape index (κ2) is 8.83. The molecule has 3 heterocycles. The topological polar surface area (TPSA) is 61.4 Å². The van der Waals surface area contributed by atoms with Crippen LogP contribution in [0.15, 0.2) is 17.5 Å². The molecule has 3 atom stereocenters. The molecule has 0 spiro atoms. The van der Waals surface area contributed by atoms with Gasteiger partial charge in [-0.3, -0.25) is 9.59 Å². The van der Waals surface area contributed by atoms with Gasteiger partial charge in [-0.15, -0.1) is 23.7 Å². The first-order valence-corrected chi connectivity index (χ1v) is 9.41. The monoisotopic (exact) mass is 371 g/mol. The third-order valence-corrected chi connectivity index (χ3v) is 5.63. The van der Waals surface area contributed by atoms with Crippen LogP contribution in [0.2, 0.25) is 0 Å². The maximum atomic E-state index is 12.7. The Morgan fingerprint density at radius 2 is 2.17 bits per heavy atom. The zero-order chi connectivity index (χ0) is 16.2. The molecule has 5 nitrogen and oxygen atoms in total. The van der Waals surface area contributed by atoms with Crippen molar-refractivity contribution >= 4 is 35.6 Å². The number of piperidine rings is 2. The van der Waals surface area contributed by atoms with Crippen LogP contribution < -0.4 is 10.6 Å². The summed E-state index contributed by atoms with van der Waals surface area (Å²) in [4.78, 5) is 27.9. The molecule has 134 valence electrons. The quantitative estimate of drug-likeness (QED) is 0.857. The van der Waals surface area contributed by atoms with Gasteiger partial charge in [-0.25, -0.2) is 0 Å². The summed E-state index contributed by atoms with van der Waals surface area (Å²) in [5.74, 6) is 0.0206. The van der Waals surface area contributed by atoms with Crippen molar-refractivity contribution in [3.8, 4) is 0 Å². The zero-order valence-electron chi connectivity index (χ0n) is 14.0. The molecule has 3 rings (SSSR count). The third kappa shape index (κ3) is 4.49. The Hall–Kier alpha value is -1.11. The maximum Gasteiger partial charge on any atom is 0.264 e. The Labute approximate surface area is 153 Å². The molecule has 3 unspecified atom stereocenters. The lowest BCUT2D eigenvalue weighted by Crippen LogP contribution is -2.55. The molecule has 1 aromatic heterocycles. The first-order valence-electron chi connectivity index (χ1n) is 8.53. The fraction of sp³-hybridized carbons (Fsp3) is 0.647. The predicted octanol–water partition coefficient (Wildman–Crippen LogP) is 2.42. The standard InChI is InChI=1S/C17H25N3O2S.ClH/c1-12-11-13(7-8-18-12)19-16(21)14-5-2-3-9-20(14)17(22)15-6-4-10-23-15;/h4,6,10,12-14,18H,2-3,5,7-9,11H2,1H3,(H,19,21);1H. The summed E-state index contributed by atoms with van der Waals surface area (Å²) >= 11 is 1.44. The highest BCUT2D eigenvalue weighted by molar-refractivity contribution is 7.12. The normalized spacial score (nSPS) is 27.2. The van der Waals surface area contributed by atoms with E-state index in [0.717, 1.165) is 43.5 Å². The first kappa shape index (κ1) is 19.2. The van der Waals surface area contributed by atoms with Crippen LogP contribution in [0, 0.1) is 0 Å². The summed E-state index contributed by atoms with van der Waals surface area (Å²) in [6, 6.07) is 4.06. The van der Waals surface area contributed by atoms with E-state index in [4.69, 9.17) is 0 Å². The van der Waals surface area contributed by atoms with Gasteiger partial charge in [0.1, 0.15) is 6.04 Å². The highest BCUT2D eigenvalue weighted by Crippen LogP contribution is 2.22. The molecule has 2 amide bonds. The van der Waals surface area contributed by atoms with E-state index >= 15 is 0 Å². The van der Waals surface area contributed by atoms with Gasteiger partial charge in [-0.1, -0.05) is 6.07 Å². The Morgan fingerprint density at radius 1 is 1.33 bits per heavy atom. The number of hydrogen-bond donors (Lipinski definition) is 2. The highest BCUT2D eigenvalue weighted by Gasteiger charge is 2.34. The van der Waals surface area contributed by atoms with Crippen molar-refractivity contribution in [1.29, 1.82) is 0 Å². The molecule has 2 aliphatic heterocycles. The lowest BCUT2D eigenvalue weighted by Gasteiger charge is -2.36. The molecule has 0 saturated carbocycles. The summed E-state index contributed by atoms with van der Waals surface area (Å²) in [6.07, 6.45) is 4.67. The molecule has 2 N–H and O–H groups in total. The number of likely N-dealkylation sites (tertiary alicyclic amines) is 1. The van der Waals surface area contributed by atoms with Crippen molar-refractivity contribution < 1.29 is 9.59 Å². The molecular formula is C17H26ClN3O2S. The number of nitrogens with one attached hydrogen (secondary N) is 2. The second-order valence-electron chi connectivity index (χ2n) is 6.57. The summed E-state index contributed by atoms with van der Waals surface area (Å²) in [7, 11) is 0. The van der Waals surface area contributed by atoms with Crippen LogP contribution in [0.25, 0.3) is 0 Å². The number of hydrogen-bond acceptors (Lipinski definition) is 4. The third-order valence-electron chi connectivity index (χ3n) is 4.77. The van der Waals surface area contributed by atoms with Crippen molar-refractivity contribution in [3.63, 3.8) is 0 Å². The van der Waals surface area contributed by atoms with Gasteiger partial charge in [0.05, 0.1) is 4.88 Å². The van der Waals surface area contributed by atoms with Gasteiger partial charge in [0, 0.05) is 18.6 Å². The Balaban J connectivity index is 0.00000208. The fourth-order valence-corrected chi connectivity index (χ4v) is 4.23. The highest BCUT2D eigenvalue weighted by atomic mass is 35.5. The number of thiophene rings is 1. The molecule has 0 aliphatic carbocycles. The predicted molar refractivity (Wildman–Crippen MR) is 98.9 cm³/mol. The van der Waals surface area contributed by atoms with Gasteiger partial charge < -0.3 is 15.5 Å². The summed E-state index contributed by atoms with van der Waals surface area (Å²) < 4.78 is 0. The largest absolute Gasteiger partial charge is 0.351 e. The van der Waals surface area contributed by atoms with Crippen LogP contribution in [0.5, 0.6) is 0 Å². The van der Waals surface area contributed by atoms with E-state index in [1.54, 1.807) is 4.90 Å². The molecular weight excluding hydrogens is 346 g/mol. The van der Waals surface area contributed by atoms with E-state index in [1.165, 1.54) is 11.3 Å². The Kier molecular flexibility index (Phi) is 7.07. The minimum atomic E-state index is -0.316. The molecule has 0 radical (unpaired) electrons. The molecule has 24 heavy (non-hydrogen) atoms. The van der Waals surface area contributed by atoms with Gasteiger partial charge in [0.2, 0.25) is 5.91 Å². The smallest absolute Gasteiger partial charge is 0.264 e. The van der Waals surface area contributed by atoms with Crippen LogP contribution in [-0.4, -0.2) is 47.9 Å². The number of amides is 2. The van der Waals surface area contributed by atoms with E-state index in [-0.39, 0.29) is 36.3 Å². The minimum absolute atomic E-state index is 0. The van der Waals surface area contributed by atoms with Gasteiger partial charge in [-0.2, -0.15) is 0 Å². The van der Waals surface area contributed by atoms with Crippen molar-refractivity contribution in [2.45, 2.75) is 57.2 Å². The van der Waals surface area contributed by atoms with Crippen molar-refractivity contribution in [1.82, 2.24) is 15.5 Å². The van der Waals surface area contributed by atoms with Gasteiger partial charge >= 0.3 is 0 Å². The number of carbonyl (C=O) groups excluding carboxylic acids is 2. The van der Waals surface area contributed by atoms with Gasteiger partial charge in [0.25, 0.3) is 5.91 Å². The molecule has 2 fully saturated rings. The molecule has 2 saturated heterocycles. The van der Waals surface area contributed by atoms with Gasteiger partial charge in [-0.05, 0) is 57.0 Å². The summed E-state index contributed by atoms with van der Waals surface area (Å²) in [5.41, 5.74) is 0. The molecule has 2 aliphatic rings. The van der Waals surface area contributed by atoms with Crippen LogP contribution in [0.4, 0.5) is 0 Å².